The number of fused-ring (bicyclic) bond motifs is 1. The van der Waals surface area contributed by atoms with Crippen LogP contribution in [0.3, 0.4) is 0 Å². The highest BCUT2D eigenvalue weighted by atomic mass is 16.7. The van der Waals surface area contributed by atoms with Gasteiger partial charge in [-0.05, 0) is 18.2 Å². The van der Waals surface area contributed by atoms with Crippen molar-refractivity contribution in [2.24, 2.45) is 0 Å². The summed E-state index contributed by atoms with van der Waals surface area (Å²) < 4.78 is 10.5. The molecule has 7 nitrogen and oxygen atoms in total. The molecule has 0 bridgehead atoms. The highest BCUT2D eigenvalue weighted by Gasteiger charge is 2.13. The van der Waals surface area contributed by atoms with E-state index in [1.807, 2.05) is 6.07 Å². The average molecular weight is 325 g/mol. The number of methoxy groups -OCH3 is 2. The number of hydroxylamine groups is 1. The number of nitrogens with one attached hydrogen (secondary N) is 1. The van der Waals surface area contributed by atoms with E-state index in [1.54, 1.807) is 43.5 Å². The SMILES string of the molecule is COc1cc2ncnc(ONC(=O)c3ccccc3)c2cc1OC. The van der Waals surface area contributed by atoms with E-state index in [1.165, 1.54) is 13.4 Å². The summed E-state index contributed by atoms with van der Waals surface area (Å²) in [6.07, 6.45) is 1.35. The summed E-state index contributed by atoms with van der Waals surface area (Å²) in [5.74, 6) is 0.898. The lowest BCUT2D eigenvalue weighted by Crippen LogP contribution is -2.27. The van der Waals surface area contributed by atoms with Crippen molar-refractivity contribution in [1.29, 1.82) is 0 Å². The third-order valence-electron chi connectivity index (χ3n) is 3.38. The number of benzene rings is 2. The molecule has 24 heavy (non-hydrogen) atoms. The molecule has 0 saturated heterocycles. The number of carbonyl (C=O) groups is 1. The Kier molecular flexibility index (Phi) is 4.42. The predicted octanol–water partition coefficient (Wildman–Crippen LogP) is 2.37. The lowest BCUT2D eigenvalue weighted by molar-refractivity contribution is 0.0753. The predicted molar refractivity (Wildman–Crippen MR) is 87.2 cm³/mol. The summed E-state index contributed by atoms with van der Waals surface area (Å²) in [4.78, 5) is 25.6. The van der Waals surface area contributed by atoms with Crippen molar-refractivity contribution in [3.8, 4) is 17.4 Å². The lowest BCUT2D eigenvalue weighted by atomic mass is 10.2. The molecule has 7 heteroatoms. The number of amides is 1. The van der Waals surface area contributed by atoms with Gasteiger partial charge in [0.25, 0.3) is 11.8 Å². The van der Waals surface area contributed by atoms with E-state index in [4.69, 9.17) is 14.3 Å². The van der Waals surface area contributed by atoms with Gasteiger partial charge in [0, 0.05) is 11.6 Å². The summed E-state index contributed by atoms with van der Waals surface area (Å²) in [6.45, 7) is 0. The zero-order valence-electron chi connectivity index (χ0n) is 13.1. The van der Waals surface area contributed by atoms with Gasteiger partial charge < -0.3 is 14.3 Å². The van der Waals surface area contributed by atoms with Crippen molar-refractivity contribution in [1.82, 2.24) is 15.4 Å². The molecule has 0 saturated carbocycles. The molecular formula is C17H15N3O4. The van der Waals surface area contributed by atoms with Crippen LogP contribution >= 0.6 is 0 Å². The zero-order chi connectivity index (χ0) is 16.9. The van der Waals surface area contributed by atoms with Crippen molar-refractivity contribution in [3.05, 3.63) is 54.4 Å². The van der Waals surface area contributed by atoms with Gasteiger partial charge in [0.05, 0.1) is 25.1 Å². The normalized spacial score (nSPS) is 10.2. The fourth-order valence-electron chi connectivity index (χ4n) is 2.18. The van der Waals surface area contributed by atoms with Crippen LogP contribution < -0.4 is 19.8 Å². The number of hydrogen-bond acceptors (Lipinski definition) is 6. The van der Waals surface area contributed by atoms with Gasteiger partial charge in [-0.2, -0.15) is 10.5 Å². The summed E-state index contributed by atoms with van der Waals surface area (Å²) in [5, 5.41) is 0.587. The Morgan fingerprint density at radius 3 is 2.42 bits per heavy atom. The Bertz CT molecular complexity index is 868. The van der Waals surface area contributed by atoms with Gasteiger partial charge in [-0.1, -0.05) is 18.2 Å². The zero-order valence-corrected chi connectivity index (χ0v) is 13.1. The first kappa shape index (κ1) is 15.5. The molecule has 0 aliphatic heterocycles. The summed E-state index contributed by atoms with van der Waals surface area (Å²) in [5.41, 5.74) is 3.46. The molecule has 0 atom stereocenters. The fraction of sp³-hybridized carbons (Fsp3) is 0.118. The molecule has 1 heterocycles. The minimum atomic E-state index is -0.372. The van der Waals surface area contributed by atoms with Gasteiger partial charge in [0.15, 0.2) is 11.5 Å². The lowest BCUT2D eigenvalue weighted by Gasteiger charge is -2.11. The largest absolute Gasteiger partial charge is 0.493 e. The second-order valence-electron chi connectivity index (χ2n) is 4.80. The number of hydrogen-bond donors (Lipinski definition) is 1. The van der Waals surface area contributed by atoms with Crippen molar-refractivity contribution >= 4 is 16.8 Å². The quantitative estimate of drug-likeness (QED) is 0.725. The van der Waals surface area contributed by atoms with Crippen LogP contribution in [0.1, 0.15) is 10.4 Å². The third kappa shape index (κ3) is 3.05. The van der Waals surface area contributed by atoms with Gasteiger partial charge in [0.2, 0.25) is 0 Å². The van der Waals surface area contributed by atoms with Crippen molar-refractivity contribution < 1.29 is 19.1 Å². The maximum Gasteiger partial charge on any atom is 0.283 e. The van der Waals surface area contributed by atoms with E-state index in [0.717, 1.165) is 0 Å². The Morgan fingerprint density at radius 1 is 1.00 bits per heavy atom. The van der Waals surface area contributed by atoms with Crippen LogP contribution in [0, 0.1) is 0 Å². The Morgan fingerprint density at radius 2 is 1.71 bits per heavy atom. The van der Waals surface area contributed by atoms with Crippen LogP contribution in [0.25, 0.3) is 10.9 Å². The molecule has 0 fully saturated rings. The van der Waals surface area contributed by atoms with Crippen LogP contribution in [0.15, 0.2) is 48.8 Å². The van der Waals surface area contributed by atoms with E-state index in [2.05, 4.69) is 15.4 Å². The molecule has 1 amide bonds. The standard InChI is InChI=1S/C17H15N3O4/c1-22-14-8-12-13(9-15(14)23-2)18-10-19-17(12)24-20-16(21)11-6-4-3-5-7-11/h3-10H,1-2H3,(H,20,21). The van der Waals surface area contributed by atoms with E-state index >= 15 is 0 Å². The summed E-state index contributed by atoms with van der Waals surface area (Å²) in [6, 6.07) is 12.1. The monoisotopic (exact) mass is 325 g/mol. The second kappa shape index (κ2) is 6.82. The van der Waals surface area contributed by atoms with Gasteiger partial charge in [-0.3, -0.25) is 4.79 Å². The molecule has 3 aromatic rings. The minimum Gasteiger partial charge on any atom is -0.493 e. The Labute approximate surface area is 138 Å². The number of nitrogens with zero attached hydrogens (tertiary/aromatic N) is 2. The first-order valence-electron chi connectivity index (χ1n) is 7.12. The first-order chi connectivity index (χ1) is 11.7. The van der Waals surface area contributed by atoms with E-state index in [0.29, 0.717) is 28.0 Å². The fourth-order valence-corrected chi connectivity index (χ4v) is 2.18. The molecule has 0 unspecified atom stereocenters. The van der Waals surface area contributed by atoms with Crippen LogP contribution in [-0.4, -0.2) is 30.1 Å². The topological polar surface area (TPSA) is 82.6 Å². The van der Waals surface area contributed by atoms with Gasteiger partial charge >= 0.3 is 0 Å². The van der Waals surface area contributed by atoms with Crippen molar-refractivity contribution in [2.75, 3.05) is 14.2 Å². The Hall–Kier alpha value is -3.35. The van der Waals surface area contributed by atoms with E-state index in [9.17, 15) is 4.79 Å². The van der Waals surface area contributed by atoms with Crippen LogP contribution in [-0.2, 0) is 0 Å². The van der Waals surface area contributed by atoms with Crippen LogP contribution in [0.5, 0.6) is 17.4 Å². The number of rotatable bonds is 5. The maximum atomic E-state index is 12.1. The number of carbonyl (C=O) groups excluding carboxylic acids is 1. The molecule has 1 aromatic heterocycles. The molecular weight excluding hydrogens is 310 g/mol. The van der Waals surface area contributed by atoms with Gasteiger partial charge in [-0.15, -0.1) is 0 Å². The third-order valence-corrected chi connectivity index (χ3v) is 3.38. The smallest absolute Gasteiger partial charge is 0.283 e. The van der Waals surface area contributed by atoms with Crippen LogP contribution in [0.2, 0.25) is 0 Å². The number of aromatic nitrogens is 2. The molecule has 3 rings (SSSR count). The van der Waals surface area contributed by atoms with E-state index < -0.39 is 0 Å². The highest BCUT2D eigenvalue weighted by Crippen LogP contribution is 2.34. The average Bonchev–Trinajstić information content (AvgIpc) is 2.65. The molecule has 0 spiro atoms. The molecule has 0 radical (unpaired) electrons. The van der Waals surface area contributed by atoms with Crippen molar-refractivity contribution in [3.63, 3.8) is 0 Å². The molecule has 2 aromatic carbocycles. The van der Waals surface area contributed by atoms with Gasteiger partial charge in [-0.25, -0.2) is 4.98 Å². The van der Waals surface area contributed by atoms with Crippen LogP contribution in [0.4, 0.5) is 0 Å². The number of ether oxygens (including phenoxy) is 2. The Balaban J connectivity index is 1.88. The second-order valence-corrected chi connectivity index (χ2v) is 4.80. The van der Waals surface area contributed by atoms with Gasteiger partial charge in [0.1, 0.15) is 6.33 Å². The first-order valence-corrected chi connectivity index (χ1v) is 7.12. The molecule has 122 valence electrons. The molecule has 1 N–H and O–H groups in total. The molecule has 0 aliphatic rings. The summed E-state index contributed by atoms with van der Waals surface area (Å²) in [7, 11) is 3.08. The van der Waals surface area contributed by atoms with E-state index in [-0.39, 0.29) is 11.8 Å². The summed E-state index contributed by atoms with van der Waals surface area (Å²) >= 11 is 0. The van der Waals surface area contributed by atoms with Crippen molar-refractivity contribution in [2.45, 2.75) is 0 Å². The highest BCUT2D eigenvalue weighted by molar-refractivity contribution is 5.93. The molecule has 0 aliphatic carbocycles. The maximum absolute atomic E-state index is 12.1. The minimum absolute atomic E-state index is 0.213.